The smallest absolute Gasteiger partial charge is 0.146 e. The Labute approximate surface area is 205 Å². The highest BCUT2D eigenvalue weighted by Crippen LogP contribution is 2.43. The Hall–Kier alpha value is -3.42. The summed E-state index contributed by atoms with van der Waals surface area (Å²) in [5.74, 6) is 2.06. The summed E-state index contributed by atoms with van der Waals surface area (Å²) in [4.78, 5) is 11.5. The third kappa shape index (κ3) is 4.61. The van der Waals surface area contributed by atoms with Gasteiger partial charge in [-0.15, -0.1) is 0 Å². The van der Waals surface area contributed by atoms with Crippen molar-refractivity contribution in [1.82, 2.24) is 19.4 Å². The number of nitrogen functional groups attached to an aromatic ring is 1. The van der Waals surface area contributed by atoms with Crippen LogP contribution in [0.1, 0.15) is 24.4 Å². The van der Waals surface area contributed by atoms with Crippen LogP contribution >= 0.6 is 0 Å². The van der Waals surface area contributed by atoms with Gasteiger partial charge in [0.05, 0.1) is 18.6 Å². The first-order valence-electron chi connectivity index (χ1n) is 12.4. The van der Waals surface area contributed by atoms with Crippen molar-refractivity contribution < 1.29 is 9.47 Å². The van der Waals surface area contributed by atoms with E-state index in [4.69, 9.17) is 15.2 Å². The first-order valence-corrected chi connectivity index (χ1v) is 12.4. The molecular weight excluding hydrogens is 438 g/mol. The standard InChI is InChI=1S/C28H31N5O2/c29-27-26-25(22-7-4-8-24(15-22)35-18-20-5-2-1-3-6-20)17-33(28(26)31-19-30-27)23-13-21(14-23)16-32-9-11-34-12-10-32/h1-8,15,17,19,21,23H,9-14,16,18H2,(H2,29,30,31). The number of nitrogens with two attached hydrogens (primary N) is 1. The van der Waals surface area contributed by atoms with Gasteiger partial charge < -0.3 is 19.8 Å². The second kappa shape index (κ2) is 9.68. The van der Waals surface area contributed by atoms with Gasteiger partial charge in [0.25, 0.3) is 0 Å². The van der Waals surface area contributed by atoms with Crippen LogP contribution in [0.4, 0.5) is 5.82 Å². The zero-order valence-electron chi connectivity index (χ0n) is 19.8. The number of morpholine rings is 1. The van der Waals surface area contributed by atoms with Crippen LogP contribution in [0.2, 0.25) is 0 Å². The van der Waals surface area contributed by atoms with Gasteiger partial charge in [-0.05, 0) is 42.0 Å². The van der Waals surface area contributed by atoms with Crippen molar-refractivity contribution >= 4 is 16.9 Å². The second-order valence-corrected chi connectivity index (χ2v) is 9.61. The second-order valence-electron chi connectivity index (χ2n) is 9.61. The number of hydrogen-bond acceptors (Lipinski definition) is 6. The molecule has 1 saturated carbocycles. The van der Waals surface area contributed by atoms with E-state index >= 15 is 0 Å². The lowest BCUT2D eigenvalue weighted by Gasteiger charge is -2.40. The van der Waals surface area contributed by atoms with Crippen molar-refractivity contribution in [3.8, 4) is 16.9 Å². The topological polar surface area (TPSA) is 78.4 Å². The van der Waals surface area contributed by atoms with E-state index in [0.29, 0.717) is 24.4 Å². The normalized spacial score (nSPS) is 20.6. The van der Waals surface area contributed by atoms with E-state index < -0.39 is 0 Å². The molecule has 35 heavy (non-hydrogen) atoms. The molecule has 0 unspecified atom stereocenters. The fourth-order valence-electron chi connectivity index (χ4n) is 5.33. The SMILES string of the molecule is Nc1ncnc2c1c(-c1cccc(OCc3ccccc3)c1)cn2C1CC(CN2CCOCC2)C1. The zero-order valence-corrected chi connectivity index (χ0v) is 19.8. The number of rotatable bonds is 7. The van der Waals surface area contributed by atoms with E-state index in [0.717, 1.165) is 79.2 Å². The molecule has 0 amide bonds. The molecule has 4 aromatic rings. The van der Waals surface area contributed by atoms with E-state index in [9.17, 15) is 0 Å². The van der Waals surface area contributed by atoms with Crippen molar-refractivity contribution in [2.24, 2.45) is 5.92 Å². The molecule has 0 radical (unpaired) electrons. The molecule has 0 spiro atoms. The first kappa shape index (κ1) is 22.1. The summed E-state index contributed by atoms with van der Waals surface area (Å²) in [6.45, 7) is 5.49. The molecule has 2 fully saturated rings. The van der Waals surface area contributed by atoms with Crippen LogP contribution in [-0.4, -0.2) is 52.3 Å². The Bertz CT molecular complexity index is 1290. The fraction of sp³-hybridized carbons (Fsp3) is 0.357. The van der Waals surface area contributed by atoms with E-state index in [1.54, 1.807) is 6.33 Å². The van der Waals surface area contributed by atoms with Crippen LogP contribution in [-0.2, 0) is 11.3 Å². The van der Waals surface area contributed by atoms with E-state index in [-0.39, 0.29) is 0 Å². The first-order chi connectivity index (χ1) is 17.2. The van der Waals surface area contributed by atoms with Gasteiger partial charge in [-0.2, -0.15) is 0 Å². The Morgan fingerprint density at radius 1 is 1.00 bits per heavy atom. The maximum absolute atomic E-state index is 6.38. The minimum absolute atomic E-state index is 0.434. The molecule has 2 aliphatic rings. The Balaban J connectivity index is 1.23. The average Bonchev–Trinajstić information content (AvgIpc) is 3.27. The summed E-state index contributed by atoms with van der Waals surface area (Å²) in [5.41, 5.74) is 10.5. The fourth-order valence-corrected chi connectivity index (χ4v) is 5.33. The lowest BCUT2D eigenvalue weighted by molar-refractivity contribution is 0.0182. The molecule has 3 heterocycles. The highest BCUT2D eigenvalue weighted by atomic mass is 16.5. The Kier molecular flexibility index (Phi) is 6.10. The summed E-state index contributed by atoms with van der Waals surface area (Å²) >= 11 is 0. The summed E-state index contributed by atoms with van der Waals surface area (Å²) < 4.78 is 13.9. The monoisotopic (exact) mass is 469 g/mol. The quantitative estimate of drug-likeness (QED) is 0.428. The van der Waals surface area contributed by atoms with Crippen molar-refractivity contribution in [2.75, 3.05) is 38.6 Å². The van der Waals surface area contributed by atoms with Crippen molar-refractivity contribution in [1.29, 1.82) is 0 Å². The number of anilines is 1. The van der Waals surface area contributed by atoms with Crippen LogP contribution in [0, 0.1) is 5.92 Å². The molecule has 2 aromatic carbocycles. The van der Waals surface area contributed by atoms with E-state index in [2.05, 4.69) is 49.9 Å². The number of nitrogens with zero attached hydrogens (tertiary/aromatic N) is 4. The largest absolute Gasteiger partial charge is 0.489 e. The lowest BCUT2D eigenvalue weighted by Crippen LogP contribution is -2.42. The molecule has 2 aromatic heterocycles. The number of aromatic nitrogens is 3. The van der Waals surface area contributed by atoms with Crippen molar-refractivity contribution in [2.45, 2.75) is 25.5 Å². The number of hydrogen-bond donors (Lipinski definition) is 1. The van der Waals surface area contributed by atoms with Gasteiger partial charge in [0.1, 0.15) is 30.1 Å². The minimum Gasteiger partial charge on any atom is -0.489 e. The molecule has 6 rings (SSSR count). The minimum atomic E-state index is 0.434. The molecule has 0 bridgehead atoms. The molecule has 1 saturated heterocycles. The number of benzene rings is 2. The summed E-state index contributed by atoms with van der Waals surface area (Å²) in [6, 6.07) is 18.8. The van der Waals surface area contributed by atoms with Gasteiger partial charge in [0.15, 0.2) is 0 Å². The third-order valence-corrected chi connectivity index (χ3v) is 7.26. The van der Waals surface area contributed by atoms with Gasteiger partial charge in [0, 0.05) is 37.4 Å². The summed E-state index contributed by atoms with van der Waals surface area (Å²) in [5, 5.41) is 0.921. The predicted octanol–water partition coefficient (Wildman–Crippen LogP) is 4.54. The molecule has 1 aliphatic carbocycles. The average molecular weight is 470 g/mol. The van der Waals surface area contributed by atoms with Crippen LogP contribution in [0.3, 0.4) is 0 Å². The third-order valence-electron chi connectivity index (χ3n) is 7.26. The molecule has 0 atom stereocenters. The Morgan fingerprint density at radius 2 is 1.83 bits per heavy atom. The van der Waals surface area contributed by atoms with Crippen molar-refractivity contribution in [3.63, 3.8) is 0 Å². The maximum atomic E-state index is 6.38. The summed E-state index contributed by atoms with van der Waals surface area (Å²) in [7, 11) is 0. The van der Waals surface area contributed by atoms with Gasteiger partial charge >= 0.3 is 0 Å². The molecule has 180 valence electrons. The summed E-state index contributed by atoms with van der Waals surface area (Å²) in [6.07, 6.45) is 6.10. The molecule has 1 aliphatic heterocycles. The van der Waals surface area contributed by atoms with E-state index in [1.807, 2.05) is 30.3 Å². The Morgan fingerprint density at radius 3 is 2.66 bits per heavy atom. The van der Waals surface area contributed by atoms with Gasteiger partial charge in [-0.25, -0.2) is 9.97 Å². The predicted molar refractivity (Wildman–Crippen MR) is 137 cm³/mol. The van der Waals surface area contributed by atoms with Gasteiger partial charge in [-0.3, -0.25) is 4.90 Å². The molecular formula is C28H31N5O2. The van der Waals surface area contributed by atoms with Gasteiger partial charge in [-0.1, -0.05) is 42.5 Å². The molecule has 2 N–H and O–H groups in total. The van der Waals surface area contributed by atoms with Gasteiger partial charge in [0.2, 0.25) is 0 Å². The molecule has 7 heteroatoms. The van der Waals surface area contributed by atoms with Crippen LogP contribution in [0.25, 0.3) is 22.2 Å². The van der Waals surface area contributed by atoms with Crippen LogP contribution in [0.15, 0.2) is 67.1 Å². The van der Waals surface area contributed by atoms with E-state index in [1.165, 1.54) is 0 Å². The maximum Gasteiger partial charge on any atom is 0.146 e. The van der Waals surface area contributed by atoms with Crippen molar-refractivity contribution in [3.05, 3.63) is 72.7 Å². The zero-order chi connectivity index (χ0) is 23.6. The number of ether oxygens (including phenoxy) is 2. The van der Waals surface area contributed by atoms with Crippen LogP contribution in [0.5, 0.6) is 5.75 Å². The number of fused-ring (bicyclic) bond motifs is 1. The highest BCUT2D eigenvalue weighted by molar-refractivity contribution is 6.00. The highest BCUT2D eigenvalue weighted by Gasteiger charge is 2.33. The lowest BCUT2D eigenvalue weighted by atomic mass is 9.79. The van der Waals surface area contributed by atoms with Crippen LogP contribution < -0.4 is 10.5 Å². The molecule has 7 nitrogen and oxygen atoms in total.